The normalized spacial score (nSPS) is 14.6. The van der Waals surface area contributed by atoms with Crippen LogP contribution in [-0.4, -0.2) is 3.21 Å². The summed E-state index contributed by atoms with van der Waals surface area (Å²) in [6.07, 6.45) is 8.68. The van der Waals surface area contributed by atoms with Crippen LogP contribution in [-0.2, 0) is 41.5 Å². The zero-order chi connectivity index (χ0) is 33.0. The maximum atomic E-state index is 3.53. The summed E-state index contributed by atoms with van der Waals surface area (Å²) in [6.45, 7) is 22.5. The van der Waals surface area contributed by atoms with E-state index in [0.29, 0.717) is 11.3 Å². The first-order valence-electron chi connectivity index (χ1n) is 16.2. The fraction of sp³-hybridized carbons (Fsp3) is 0.341. The molecule has 47 heavy (non-hydrogen) atoms. The summed E-state index contributed by atoms with van der Waals surface area (Å²) in [4.78, 5) is 0. The molecular weight excluding hydrogens is 691 g/mol. The molecule has 2 aliphatic rings. The first-order chi connectivity index (χ1) is 21.0. The second-order valence-corrected chi connectivity index (χ2v) is 16.6. The van der Waals surface area contributed by atoms with Gasteiger partial charge >= 0.3 is 99.2 Å². The number of rotatable bonds is 2. The van der Waals surface area contributed by atoms with Crippen LogP contribution in [0, 0.1) is 23.5 Å². The topological polar surface area (TPSA) is 0 Å². The average Bonchev–Trinajstić information content (AvgIpc) is 3.60. The van der Waals surface area contributed by atoms with Crippen molar-refractivity contribution in [2.45, 2.75) is 86.5 Å². The summed E-state index contributed by atoms with van der Waals surface area (Å²) in [5, 5.41) is 0. The van der Waals surface area contributed by atoms with Gasteiger partial charge in [-0.1, -0.05) is 115 Å². The Balaban J connectivity index is 0.000000258. The molecule has 0 aromatic heterocycles. The van der Waals surface area contributed by atoms with Crippen LogP contribution in [0.25, 0.3) is 11.1 Å². The predicted molar refractivity (Wildman–Crippen MR) is 192 cm³/mol. The Hall–Kier alpha value is -2.31. The molecule has 0 saturated heterocycles. The van der Waals surface area contributed by atoms with Crippen molar-refractivity contribution in [2.75, 3.05) is 0 Å². The van der Waals surface area contributed by atoms with Crippen molar-refractivity contribution >= 4 is 3.21 Å². The molecule has 0 spiro atoms. The summed E-state index contributed by atoms with van der Waals surface area (Å²) in [6, 6.07) is 36.2. The first-order valence-corrected chi connectivity index (χ1v) is 17.5. The van der Waals surface area contributed by atoms with E-state index in [-0.39, 0.29) is 35.6 Å². The molecule has 1 unspecified atom stereocenters. The molecule has 0 fully saturated rings. The van der Waals surface area contributed by atoms with Gasteiger partial charge in [0, 0.05) is 0 Å². The van der Waals surface area contributed by atoms with E-state index in [4.69, 9.17) is 0 Å². The van der Waals surface area contributed by atoms with Crippen LogP contribution < -0.4 is 24.8 Å². The van der Waals surface area contributed by atoms with E-state index in [9.17, 15) is 0 Å². The second kappa shape index (κ2) is 16.9. The van der Waals surface area contributed by atoms with Crippen molar-refractivity contribution in [3.05, 3.63) is 154 Å². The Morgan fingerprint density at radius 3 is 1.60 bits per heavy atom. The van der Waals surface area contributed by atoms with Crippen molar-refractivity contribution in [2.24, 2.45) is 11.3 Å². The van der Waals surface area contributed by atoms with Crippen LogP contribution in [0.15, 0.2) is 109 Å². The molecular formula is C44H50Cl2Zr-2. The van der Waals surface area contributed by atoms with Gasteiger partial charge in [-0.15, -0.1) is 5.56 Å². The molecule has 6 rings (SSSR count). The quantitative estimate of drug-likeness (QED) is 0.212. The van der Waals surface area contributed by atoms with Gasteiger partial charge in [-0.25, -0.2) is 6.08 Å². The number of benzene rings is 4. The SMILES string of the molecule is CC(C)(C)c1c[c-]c2c(c1)-c1cc(C(C)(C)C)ccc1C2.CC1[C-]=CC(C(C)(C)C)=C1.[Cl-].[Cl-].[Zr+2]=[C](c1ccccc1)c1ccccc1. The summed E-state index contributed by atoms with van der Waals surface area (Å²) < 4.78 is 1.42. The second-order valence-electron chi connectivity index (χ2n) is 15.4. The van der Waals surface area contributed by atoms with Crippen molar-refractivity contribution in [3.8, 4) is 11.1 Å². The van der Waals surface area contributed by atoms with Gasteiger partial charge in [0.25, 0.3) is 0 Å². The third kappa shape index (κ3) is 11.1. The minimum atomic E-state index is 0. The van der Waals surface area contributed by atoms with E-state index >= 15 is 0 Å². The number of hydrogen-bond acceptors (Lipinski definition) is 0. The number of halogens is 2. The molecule has 0 nitrogen and oxygen atoms in total. The fourth-order valence-corrected chi connectivity index (χ4v) is 6.23. The molecule has 246 valence electrons. The Morgan fingerprint density at radius 1 is 0.660 bits per heavy atom. The van der Waals surface area contributed by atoms with E-state index in [2.05, 4.69) is 185 Å². The van der Waals surface area contributed by atoms with E-state index in [0.717, 1.165) is 6.42 Å². The molecule has 0 bridgehead atoms. The Morgan fingerprint density at radius 2 is 1.17 bits per heavy atom. The van der Waals surface area contributed by atoms with E-state index in [1.807, 2.05) is 0 Å². The minimum absolute atomic E-state index is 0. The van der Waals surface area contributed by atoms with Crippen LogP contribution >= 0.6 is 0 Å². The van der Waals surface area contributed by atoms with E-state index < -0.39 is 0 Å². The molecule has 0 saturated carbocycles. The fourth-order valence-electron chi connectivity index (χ4n) is 5.41. The van der Waals surface area contributed by atoms with Gasteiger partial charge in [0.15, 0.2) is 0 Å². The van der Waals surface area contributed by atoms with Gasteiger partial charge in [-0.05, 0) is 17.4 Å². The molecule has 0 N–H and O–H groups in total. The number of allylic oxidation sites excluding steroid dienone is 4. The third-order valence-electron chi connectivity index (χ3n) is 8.45. The molecule has 3 heteroatoms. The molecule has 0 aliphatic heterocycles. The molecule has 4 aromatic carbocycles. The summed E-state index contributed by atoms with van der Waals surface area (Å²) in [7, 11) is 0. The summed E-state index contributed by atoms with van der Waals surface area (Å²) in [5.41, 5.74) is 13.1. The number of hydrogen-bond donors (Lipinski definition) is 0. The zero-order valence-electron chi connectivity index (χ0n) is 29.9. The molecule has 0 radical (unpaired) electrons. The van der Waals surface area contributed by atoms with Crippen LogP contribution in [0.1, 0.15) is 103 Å². The Labute approximate surface area is 313 Å². The van der Waals surface area contributed by atoms with Crippen molar-refractivity contribution in [1.29, 1.82) is 0 Å². The average molecular weight is 741 g/mol. The zero-order valence-corrected chi connectivity index (χ0v) is 33.8. The number of fused-ring (bicyclic) bond motifs is 3. The summed E-state index contributed by atoms with van der Waals surface area (Å²) in [5.74, 6) is 0.522. The van der Waals surface area contributed by atoms with Crippen LogP contribution in [0.3, 0.4) is 0 Å². The third-order valence-corrected chi connectivity index (χ3v) is 9.87. The first kappa shape index (κ1) is 40.9. The Kier molecular flexibility index (Phi) is 14.7. The van der Waals surface area contributed by atoms with E-state index in [1.165, 1.54) is 77.5 Å². The van der Waals surface area contributed by atoms with Crippen LogP contribution in [0.4, 0.5) is 0 Å². The van der Waals surface area contributed by atoms with Crippen LogP contribution in [0.2, 0.25) is 0 Å². The van der Waals surface area contributed by atoms with Gasteiger partial charge < -0.3 is 24.8 Å². The van der Waals surface area contributed by atoms with Gasteiger partial charge in [-0.2, -0.15) is 41.0 Å². The molecule has 0 amide bonds. The van der Waals surface area contributed by atoms with Crippen molar-refractivity contribution < 1.29 is 49.0 Å². The van der Waals surface area contributed by atoms with Gasteiger partial charge in [0.05, 0.1) is 0 Å². The molecule has 4 aromatic rings. The molecule has 1 atom stereocenters. The van der Waals surface area contributed by atoms with Crippen molar-refractivity contribution in [3.63, 3.8) is 0 Å². The van der Waals surface area contributed by atoms with Crippen LogP contribution in [0.5, 0.6) is 0 Å². The molecule has 0 heterocycles. The Bertz CT molecular complexity index is 1570. The van der Waals surface area contributed by atoms with Gasteiger partial charge in [0.2, 0.25) is 0 Å². The summed E-state index contributed by atoms with van der Waals surface area (Å²) >= 11 is 1.46. The standard InChI is InChI=1S/C21H25.C13H10.C10H15.2ClH.Zr/c1-20(2,3)16-9-7-14-11-15-8-10-17(21(4,5)6)13-19(15)18(14)12-16;1-3-7-12(8-4-1)11-13-9-5-2-6-10-13;1-8-5-6-9(7-8)10(2,3)4;;;/h7,9-10,12-13H,11H2,1-6H3;1-10H;6-8H,1-4H3;2*1H;/q-1;;-1;;;+2/p-2. The van der Waals surface area contributed by atoms with Gasteiger partial charge in [0.1, 0.15) is 0 Å². The monoisotopic (exact) mass is 738 g/mol. The van der Waals surface area contributed by atoms with E-state index in [1.54, 1.807) is 0 Å². The molecule has 2 aliphatic carbocycles. The van der Waals surface area contributed by atoms with Crippen molar-refractivity contribution in [1.82, 2.24) is 0 Å². The van der Waals surface area contributed by atoms with Gasteiger partial charge in [-0.3, -0.25) is 6.08 Å². The maximum absolute atomic E-state index is 3.53. The predicted octanol–water partition coefficient (Wildman–Crippen LogP) is 5.43.